The Bertz CT molecular complexity index is 644. The summed E-state index contributed by atoms with van der Waals surface area (Å²) < 4.78 is 0.929. The first-order valence-electron chi connectivity index (χ1n) is 6.95. The highest BCUT2D eigenvalue weighted by molar-refractivity contribution is 9.10. The molecule has 0 aliphatic rings. The first kappa shape index (κ1) is 16.2. The van der Waals surface area contributed by atoms with Crippen molar-refractivity contribution in [2.24, 2.45) is 0 Å². The molecule has 2 rings (SSSR count). The zero-order chi connectivity index (χ0) is 15.8. The van der Waals surface area contributed by atoms with Gasteiger partial charge >= 0.3 is 0 Å². The standard InChI is InChI=1S/C17H17BrN2O2/c18-15-8-4-7-14(9-15)10-16(21)20-12-17(22)19-11-13-5-2-1-3-6-13/h1-9H,10-12H2,(H,19,22)(H,20,21). The zero-order valence-corrected chi connectivity index (χ0v) is 13.6. The van der Waals surface area contributed by atoms with E-state index in [9.17, 15) is 9.59 Å². The van der Waals surface area contributed by atoms with Crippen LogP contribution < -0.4 is 10.6 Å². The molecular weight excluding hydrogens is 344 g/mol. The monoisotopic (exact) mass is 360 g/mol. The molecule has 0 spiro atoms. The van der Waals surface area contributed by atoms with Gasteiger partial charge in [-0.25, -0.2) is 0 Å². The van der Waals surface area contributed by atoms with Crippen LogP contribution >= 0.6 is 15.9 Å². The molecule has 0 aliphatic heterocycles. The summed E-state index contributed by atoms with van der Waals surface area (Å²) in [6, 6.07) is 17.2. The summed E-state index contributed by atoms with van der Waals surface area (Å²) in [5.74, 6) is -0.376. The van der Waals surface area contributed by atoms with E-state index in [-0.39, 0.29) is 24.8 Å². The fourth-order valence-corrected chi connectivity index (χ4v) is 2.38. The van der Waals surface area contributed by atoms with Crippen LogP contribution in [-0.2, 0) is 22.6 Å². The van der Waals surface area contributed by atoms with Gasteiger partial charge in [-0.3, -0.25) is 9.59 Å². The quantitative estimate of drug-likeness (QED) is 0.830. The fraction of sp³-hybridized carbons (Fsp3) is 0.176. The van der Waals surface area contributed by atoms with E-state index in [0.29, 0.717) is 6.54 Å². The topological polar surface area (TPSA) is 58.2 Å². The van der Waals surface area contributed by atoms with Crippen molar-refractivity contribution < 1.29 is 9.59 Å². The second-order valence-corrected chi connectivity index (χ2v) is 5.76. The van der Waals surface area contributed by atoms with Gasteiger partial charge in [0.25, 0.3) is 0 Å². The molecule has 0 aromatic heterocycles. The summed E-state index contributed by atoms with van der Waals surface area (Å²) in [6.45, 7) is 0.445. The summed E-state index contributed by atoms with van der Waals surface area (Å²) >= 11 is 3.36. The van der Waals surface area contributed by atoms with Crippen molar-refractivity contribution in [1.82, 2.24) is 10.6 Å². The Morgan fingerprint density at radius 1 is 0.864 bits per heavy atom. The van der Waals surface area contributed by atoms with E-state index in [0.717, 1.165) is 15.6 Å². The molecule has 0 fully saturated rings. The van der Waals surface area contributed by atoms with Gasteiger partial charge in [0.15, 0.2) is 0 Å². The Morgan fingerprint density at radius 2 is 1.59 bits per heavy atom. The predicted molar refractivity (Wildman–Crippen MR) is 89.1 cm³/mol. The van der Waals surface area contributed by atoms with E-state index in [1.54, 1.807) is 0 Å². The minimum atomic E-state index is -0.202. The maximum Gasteiger partial charge on any atom is 0.239 e. The first-order chi connectivity index (χ1) is 10.6. The van der Waals surface area contributed by atoms with Crippen LogP contribution in [0.4, 0.5) is 0 Å². The van der Waals surface area contributed by atoms with Gasteiger partial charge in [0, 0.05) is 11.0 Å². The lowest BCUT2D eigenvalue weighted by Crippen LogP contribution is -2.37. The molecule has 2 aromatic carbocycles. The Morgan fingerprint density at radius 3 is 2.32 bits per heavy atom. The molecular formula is C17H17BrN2O2. The minimum absolute atomic E-state index is 0.0142. The molecule has 2 N–H and O–H groups in total. The highest BCUT2D eigenvalue weighted by atomic mass is 79.9. The van der Waals surface area contributed by atoms with Crippen LogP contribution in [0.5, 0.6) is 0 Å². The fourth-order valence-electron chi connectivity index (χ4n) is 1.93. The van der Waals surface area contributed by atoms with Crippen LogP contribution in [0.15, 0.2) is 59.1 Å². The normalized spacial score (nSPS) is 10.0. The Labute approximate surface area is 138 Å². The summed E-state index contributed by atoms with van der Waals surface area (Å²) in [5, 5.41) is 5.39. The molecule has 4 nitrogen and oxygen atoms in total. The number of carbonyl (C=O) groups is 2. The third-order valence-electron chi connectivity index (χ3n) is 3.03. The summed E-state index contributed by atoms with van der Waals surface area (Å²) in [5.41, 5.74) is 1.92. The van der Waals surface area contributed by atoms with Gasteiger partial charge in [-0.1, -0.05) is 58.4 Å². The van der Waals surface area contributed by atoms with E-state index in [2.05, 4.69) is 26.6 Å². The SMILES string of the molecule is O=C(CNC(=O)Cc1cccc(Br)c1)NCc1ccccc1. The lowest BCUT2D eigenvalue weighted by molar-refractivity contribution is -0.125. The molecule has 0 radical (unpaired) electrons. The van der Waals surface area contributed by atoms with Crippen LogP contribution in [0.3, 0.4) is 0 Å². The van der Waals surface area contributed by atoms with Crippen molar-refractivity contribution >= 4 is 27.7 Å². The van der Waals surface area contributed by atoms with E-state index in [1.165, 1.54) is 0 Å². The molecule has 2 amide bonds. The molecule has 0 saturated carbocycles. The molecule has 0 saturated heterocycles. The third-order valence-corrected chi connectivity index (χ3v) is 3.53. The van der Waals surface area contributed by atoms with Crippen molar-refractivity contribution in [2.75, 3.05) is 6.54 Å². The molecule has 5 heteroatoms. The number of hydrogen-bond acceptors (Lipinski definition) is 2. The number of rotatable bonds is 6. The van der Waals surface area contributed by atoms with Crippen molar-refractivity contribution in [3.8, 4) is 0 Å². The first-order valence-corrected chi connectivity index (χ1v) is 7.74. The smallest absolute Gasteiger partial charge is 0.239 e. The Hall–Kier alpha value is -2.14. The second kappa shape index (κ2) is 8.34. The summed E-state index contributed by atoms with van der Waals surface area (Å²) in [7, 11) is 0. The second-order valence-electron chi connectivity index (χ2n) is 4.85. The highest BCUT2D eigenvalue weighted by Crippen LogP contribution is 2.11. The molecule has 22 heavy (non-hydrogen) atoms. The molecule has 0 aliphatic carbocycles. The zero-order valence-electron chi connectivity index (χ0n) is 12.0. The van der Waals surface area contributed by atoms with Gasteiger partial charge in [0.05, 0.1) is 13.0 Å². The molecule has 114 valence electrons. The number of halogens is 1. The molecule has 2 aromatic rings. The molecule has 0 heterocycles. The lowest BCUT2D eigenvalue weighted by atomic mass is 10.1. The molecule has 0 unspecified atom stereocenters. The number of carbonyl (C=O) groups excluding carboxylic acids is 2. The number of amides is 2. The van der Waals surface area contributed by atoms with Gasteiger partial charge in [-0.2, -0.15) is 0 Å². The third kappa shape index (κ3) is 5.69. The maximum absolute atomic E-state index is 11.8. The number of nitrogens with one attached hydrogen (secondary N) is 2. The lowest BCUT2D eigenvalue weighted by Gasteiger charge is -2.07. The Kier molecular flexibility index (Phi) is 6.15. The maximum atomic E-state index is 11.8. The van der Waals surface area contributed by atoms with Crippen molar-refractivity contribution in [1.29, 1.82) is 0 Å². The van der Waals surface area contributed by atoms with Crippen LogP contribution in [0, 0.1) is 0 Å². The van der Waals surface area contributed by atoms with E-state index in [4.69, 9.17) is 0 Å². The summed E-state index contributed by atoms with van der Waals surface area (Å²) in [4.78, 5) is 23.5. The van der Waals surface area contributed by atoms with Gasteiger partial charge in [0.1, 0.15) is 0 Å². The van der Waals surface area contributed by atoms with Crippen LogP contribution in [-0.4, -0.2) is 18.4 Å². The summed E-state index contributed by atoms with van der Waals surface area (Å²) in [6.07, 6.45) is 0.255. The van der Waals surface area contributed by atoms with Crippen LogP contribution in [0.1, 0.15) is 11.1 Å². The van der Waals surface area contributed by atoms with Gasteiger partial charge in [0.2, 0.25) is 11.8 Å². The van der Waals surface area contributed by atoms with Crippen LogP contribution in [0.25, 0.3) is 0 Å². The largest absolute Gasteiger partial charge is 0.350 e. The van der Waals surface area contributed by atoms with Crippen LogP contribution in [0.2, 0.25) is 0 Å². The highest BCUT2D eigenvalue weighted by Gasteiger charge is 2.06. The predicted octanol–water partition coefficient (Wildman–Crippen LogP) is 2.42. The van der Waals surface area contributed by atoms with Crippen molar-refractivity contribution in [2.45, 2.75) is 13.0 Å². The van der Waals surface area contributed by atoms with Gasteiger partial charge in [-0.05, 0) is 23.3 Å². The average molecular weight is 361 g/mol. The molecule has 0 atom stereocenters. The van der Waals surface area contributed by atoms with E-state index in [1.807, 2.05) is 54.6 Å². The number of benzene rings is 2. The van der Waals surface area contributed by atoms with Crippen molar-refractivity contribution in [3.05, 3.63) is 70.2 Å². The molecule has 0 bridgehead atoms. The number of hydrogen-bond donors (Lipinski definition) is 2. The average Bonchev–Trinajstić information content (AvgIpc) is 2.52. The van der Waals surface area contributed by atoms with E-state index < -0.39 is 0 Å². The van der Waals surface area contributed by atoms with Gasteiger partial charge in [-0.15, -0.1) is 0 Å². The minimum Gasteiger partial charge on any atom is -0.350 e. The van der Waals surface area contributed by atoms with E-state index >= 15 is 0 Å². The van der Waals surface area contributed by atoms with Crippen molar-refractivity contribution in [3.63, 3.8) is 0 Å². The van der Waals surface area contributed by atoms with Gasteiger partial charge < -0.3 is 10.6 Å². The Balaban J connectivity index is 1.70.